The van der Waals surface area contributed by atoms with E-state index < -0.39 is 8.56 Å². The number of rotatable bonds is 8. The first kappa shape index (κ1) is 16.2. The smallest absolute Gasteiger partial charge is 0.371 e. The van der Waals surface area contributed by atoms with Crippen molar-refractivity contribution in [2.45, 2.75) is 71.1 Å². The third-order valence-electron chi connectivity index (χ3n) is 3.86. The van der Waals surface area contributed by atoms with Gasteiger partial charge in [0.05, 0.1) is 0 Å². The standard InChI is InChI=1S/C14H30O3Si/c1-5-11-14(15-6-2)12-9-10-13-18(14,16-7-3)17-8-4/h5-13H2,1-4H3. The molecule has 18 heavy (non-hydrogen) atoms. The Labute approximate surface area is 113 Å². The first-order valence-electron chi connectivity index (χ1n) is 7.62. The molecular formula is C14H30O3Si. The predicted octanol–water partition coefficient (Wildman–Crippen LogP) is 3.80. The summed E-state index contributed by atoms with van der Waals surface area (Å²) in [6, 6.07) is 1.09. The lowest BCUT2D eigenvalue weighted by Crippen LogP contribution is -2.66. The zero-order valence-corrected chi connectivity index (χ0v) is 13.6. The van der Waals surface area contributed by atoms with Crippen LogP contribution in [0.2, 0.25) is 6.04 Å². The summed E-state index contributed by atoms with van der Waals surface area (Å²) in [6.07, 6.45) is 5.79. The quantitative estimate of drug-likeness (QED) is 0.630. The lowest BCUT2D eigenvalue weighted by Gasteiger charge is -2.49. The molecule has 0 spiro atoms. The van der Waals surface area contributed by atoms with E-state index in [1.807, 2.05) is 0 Å². The molecule has 1 atom stereocenters. The molecule has 0 aromatic rings. The van der Waals surface area contributed by atoms with Crippen LogP contribution >= 0.6 is 0 Å². The number of ether oxygens (including phenoxy) is 1. The minimum atomic E-state index is -2.23. The fraction of sp³-hybridized carbons (Fsp3) is 1.00. The molecule has 0 bridgehead atoms. The lowest BCUT2D eigenvalue weighted by atomic mass is 10.1. The van der Waals surface area contributed by atoms with E-state index in [9.17, 15) is 0 Å². The molecule has 0 aromatic heterocycles. The van der Waals surface area contributed by atoms with Crippen LogP contribution < -0.4 is 0 Å². The fourth-order valence-electron chi connectivity index (χ4n) is 3.35. The van der Waals surface area contributed by atoms with Crippen molar-refractivity contribution in [3.8, 4) is 0 Å². The Hall–Kier alpha value is 0.0969. The van der Waals surface area contributed by atoms with Gasteiger partial charge in [-0.1, -0.05) is 26.2 Å². The van der Waals surface area contributed by atoms with Crippen molar-refractivity contribution in [2.75, 3.05) is 19.8 Å². The van der Waals surface area contributed by atoms with Crippen molar-refractivity contribution in [2.24, 2.45) is 0 Å². The highest BCUT2D eigenvalue weighted by Crippen LogP contribution is 2.43. The van der Waals surface area contributed by atoms with Crippen LogP contribution in [0.15, 0.2) is 0 Å². The van der Waals surface area contributed by atoms with Crippen molar-refractivity contribution in [1.29, 1.82) is 0 Å². The van der Waals surface area contributed by atoms with E-state index in [-0.39, 0.29) is 5.22 Å². The summed E-state index contributed by atoms with van der Waals surface area (Å²) in [5, 5.41) is -0.110. The Morgan fingerprint density at radius 1 is 0.944 bits per heavy atom. The second-order valence-electron chi connectivity index (χ2n) is 5.00. The minimum Gasteiger partial charge on any atom is -0.393 e. The van der Waals surface area contributed by atoms with Crippen molar-refractivity contribution in [1.82, 2.24) is 0 Å². The van der Waals surface area contributed by atoms with Gasteiger partial charge in [-0.15, -0.1) is 0 Å². The van der Waals surface area contributed by atoms with E-state index in [0.29, 0.717) is 0 Å². The summed E-state index contributed by atoms with van der Waals surface area (Å²) >= 11 is 0. The third-order valence-corrected chi connectivity index (χ3v) is 8.41. The second-order valence-corrected chi connectivity index (χ2v) is 8.50. The van der Waals surface area contributed by atoms with Crippen LogP contribution in [0.4, 0.5) is 0 Å². The number of hydrogen-bond donors (Lipinski definition) is 0. The molecule has 0 N–H and O–H groups in total. The van der Waals surface area contributed by atoms with Crippen LogP contribution in [0.1, 0.15) is 59.8 Å². The molecule has 4 heteroatoms. The zero-order valence-electron chi connectivity index (χ0n) is 12.6. The highest BCUT2D eigenvalue weighted by Gasteiger charge is 2.59. The summed E-state index contributed by atoms with van der Waals surface area (Å²) in [4.78, 5) is 0. The Bertz CT molecular complexity index is 186. The van der Waals surface area contributed by atoms with Gasteiger partial charge >= 0.3 is 8.56 Å². The van der Waals surface area contributed by atoms with E-state index in [0.717, 1.165) is 45.1 Å². The summed E-state index contributed by atoms with van der Waals surface area (Å²) in [6.45, 7) is 10.7. The van der Waals surface area contributed by atoms with Crippen LogP contribution in [-0.2, 0) is 13.6 Å². The molecule has 1 unspecified atom stereocenters. The van der Waals surface area contributed by atoms with Crippen LogP contribution in [-0.4, -0.2) is 33.6 Å². The van der Waals surface area contributed by atoms with Gasteiger partial charge in [0.1, 0.15) is 5.22 Å². The second kappa shape index (κ2) is 7.63. The van der Waals surface area contributed by atoms with Gasteiger partial charge < -0.3 is 13.6 Å². The van der Waals surface area contributed by atoms with Crippen molar-refractivity contribution < 1.29 is 13.6 Å². The van der Waals surface area contributed by atoms with E-state index in [2.05, 4.69) is 27.7 Å². The molecule has 0 aromatic carbocycles. The van der Waals surface area contributed by atoms with Gasteiger partial charge in [-0.05, 0) is 39.7 Å². The summed E-state index contributed by atoms with van der Waals surface area (Å²) in [5.41, 5.74) is 0. The molecule has 1 aliphatic heterocycles. The highest BCUT2D eigenvalue weighted by molar-refractivity contribution is 6.70. The molecule has 0 radical (unpaired) electrons. The predicted molar refractivity (Wildman–Crippen MR) is 76.9 cm³/mol. The Kier molecular flexibility index (Phi) is 6.85. The molecule has 1 fully saturated rings. The first-order valence-corrected chi connectivity index (χ1v) is 9.64. The molecule has 1 heterocycles. The average molecular weight is 274 g/mol. The molecule has 1 rings (SSSR count). The summed E-state index contributed by atoms with van der Waals surface area (Å²) in [5.74, 6) is 0. The molecular weight excluding hydrogens is 244 g/mol. The lowest BCUT2D eigenvalue weighted by molar-refractivity contribution is -0.0458. The van der Waals surface area contributed by atoms with E-state index in [1.54, 1.807) is 0 Å². The van der Waals surface area contributed by atoms with Gasteiger partial charge in [0.2, 0.25) is 0 Å². The SMILES string of the molecule is CCCC1(OCC)CCCC[Si]1(OCC)OCC. The molecule has 0 amide bonds. The number of hydrogen-bond acceptors (Lipinski definition) is 3. The normalized spacial score (nSPS) is 27.3. The Morgan fingerprint density at radius 3 is 2.11 bits per heavy atom. The maximum atomic E-state index is 6.24. The van der Waals surface area contributed by atoms with Crippen LogP contribution in [0.25, 0.3) is 0 Å². The molecule has 108 valence electrons. The summed E-state index contributed by atoms with van der Waals surface area (Å²) in [7, 11) is -2.23. The van der Waals surface area contributed by atoms with Gasteiger partial charge in [-0.25, -0.2) is 0 Å². The maximum absolute atomic E-state index is 6.24. The molecule has 0 saturated carbocycles. The fourth-order valence-corrected chi connectivity index (χ4v) is 7.91. The Balaban J connectivity index is 3.02. The average Bonchev–Trinajstić information content (AvgIpc) is 2.34. The minimum absolute atomic E-state index is 0.110. The Morgan fingerprint density at radius 2 is 1.61 bits per heavy atom. The molecule has 3 nitrogen and oxygen atoms in total. The third kappa shape index (κ3) is 3.16. The van der Waals surface area contributed by atoms with Gasteiger partial charge in [0, 0.05) is 19.8 Å². The monoisotopic (exact) mass is 274 g/mol. The molecule has 0 aliphatic carbocycles. The van der Waals surface area contributed by atoms with E-state index in [1.165, 1.54) is 12.8 Å². The van der Waals surface area contributed by atoms with Gasteiger partial charge in [-0.3, -0.25) is 0 Å². The molecule has 1 aliphatic rings. The zero-order chi connectivity index (χ0) is 13.5. The first-order chi connectivity index (χ1) is 8.70. The van der Waals surface area contributed by atoms with Crippen molar-refractivity contribution >= 4 is 8.56 Å². The largest absolute Gasteiger partial charge is 0.393 e. The van der Waals surface area contributed by atoms with Gasteiger partial charge in [-0.2, -0.15) is 0 Å². The van der Waals surface area contributed by atoms with Crippen LogP contribution in [0.5, 0.6) is 0 Å². The van der Waals surface area contributed by atoms with Crippen molar-refractivity contribution in [3.05, 3.63) is 0 Å². The van der Waals surface area contributed by atoms with Crippen molar-refractivity contribution in [3.63, 3.8) is 0 Å². The maximum Gasteiger partial charge on any atom is 0.371 e. The summed E-state index contributed by atoms with van der Waals surface area (Å²) < 4.78 is 18.7. The molecule has 1 saturated heterocycles. The highest BCUT2D eigenvalue weighted by atomic mass is 28.4. The van der Waals surface area contributed by atoms with E-state index >= 15 is 0 Å². The van der Waals surface area contributed by atoms with Crippen LogP contribution in [0, 0.1) is 0 Å². The van der Waals surface area contributed by atoms with Crippen LogP contribution in [0.3, 0.4) is 0 Å². The topological polar surface area (TPSA) is 27.7 Å². The van der Waals surface area contributed by atoms with Gasteiger partial charge in [0.15, 0.2) is 0 Å². The van der Waals surface area contributed by atoms with E-state index in [4.69, 9.17) is 13.6 Å². The van der Waals surface area contributed by atoms with Gasteiger partial charge in [0.25, 0.3) is 0 Å².